The number of nitrogens with one attached hydrogen (secondary N) is 1. The maximum Gasteiger partial charge on any atom is 0.231 e. The Morgan fingerprint density at radius 1 is 1.64 bits per heavy atom. The van der Waals surface area contributed by atoms with E-state index in [1.165, 1.54) is 12.4 Å². The lowest BCUT2D eigenvalue weighted by atomic mass is 10.4. The Labute approximate surface area is 84.5 Å². The fraction of sp³-hybridized carbons (Fsp3) is 0.375. The summed E-state index contributed by atoms with van der Waals surface area (Å²) in [5, 5.41) is 2.70. The van der Waals surface area contributed by atoms with Crippen LogP contribution in [0.5, 0.6) is 0 Å². The van der Waals surface area contributed by atoms with Crippen LogP contribution in [0.2, 0.25) is 5.15 Å². The number of anilines is 1. The minimum Gasteiger partial charge on any atom is -0.310 e. The molecule has 1 aliphatic rings. The SMILES string of the molecule is O=C(Nc1cc(Cl)ncn1)[C@@H]1C[C@@H]1F. The van der Waals surface area contributed by atoms with Gasteiger partial charge in [0.05, 0.1) is 5.92 Å². The molecule has 1 aromatic heterocycles. The van der Waals surface area contributed by atoms with Crippen LogP contribution in [0, 0.1) is 5.92 Å². The van der Waals surface area contributed by atoms with Gasteiger partial charge in [-0.15, -0.1) is 0 Å². The lowest BCUT2D eigenvalue weighted by molar-refractivity contribution is -0.117. The average Bonchev–Trinajstić information content (AvgIpc) is 2.82. The Morgan fingerprint density at radius 3 is 2.93 bits per heavy atom. The number of hydrogen-bond donors (Lipinski definition) is 1. The van der Waals surface area contributed by atoms with Crippen molar-refractivity contribution >= 4 is 23.3 Å². The number of alkyl halides is 1. The summed E-state index contributed by atoms with van der Waals surface area (Å²) < 4.78 is 12.5. The van der Waals surface area contributed by atoms with E-state index < -0.39 is 12.1 Å². The Balaban J connectivity index is 2.00. The van der Waals surface area contributed by atoms with E-state index in [1.807, 2.05) is 0 Å². The van der Waals surface area contributed by atoms with Gasteiger partial charge < -0.3 is 5.32 Å². The lowest BCUT2D eigenvalue weighted by Crippen LogP contribution is -2.15. The van der Waals surface area contributed by atoms with Crippen LogP contribution in [-0.2, 0) is 4.79 Å². The third-order valence-corrected chi connectivity index (χ3v) is 2.14. The summed E-state index contributed by atoms with van der Waals surface area (Å²) in [6, 6.07) is 1.41. The molecule has 0 spiro atoms. The molecule has 0 saturated heterocycles. The van der Waals surface area contributed by atoms with Gasteiger partial charge in [-0.2, -0.15) is 0 Å². The topological polar surface area (TPSA) is 54.9 Å². The van der Waals surface area contributed by atoms with E-state index in [-0.39, 0.29) is 11.1 Å². The van der Waals surface area contributed by atoms with Crippen LogP contribution < -0.4 is 5.32 Å². The average molecular weight is 216 g/mol. The van der Waals surface area contributed by atoms with E-state index in [4.69, 9.17) is 11.6 Å². The zero-order valence-corrected chi connectivity index (χ0v) is 7.83. The molecule has 4 nitrogen and oxygen atoms in total. The molecule has 1 aliphatic carbocycles. The van der Waals surface area contributed by atoms with Crippen molar-refractivity contribution in [2.45, 2.75) is 12.6 Å². The maximum absolute atomic E-state index is 12.5. The largest absolute Gasteiger partial charge is 0.310 e. The van der Waals surface area contributed by atoms with Crippen LogP contribution >= 0.6 is 11.6 Å². The third kappa shape index (κ3) is 1.98. The van der Waals surface area contributed by atoms with E-state index >= 15 is 0 Å². The van der Waals surface area contributed by atoms with Crippen molar-refractivity contribution in [2.75, 3.05) is 5.32 Å². The second-order valence-corrected chi connectivity index (χ2v) is 3.46. The highest BCUT2D eigenvalue weighted by Crippen LogP contribution is 2.34. The molecule has 0 unspecified atom stereocenters. The fourth-order valence-corrected chi connectivity index (χ4v) is 1.20. The Bertz CT molecular complexity index is 373. The highest BCUT2D eigenvalue weighted by atomic mass is 35.5. The number of rotatable bonds is 2. The summed E-state index contributed by atoms with van der Waals surface area (Å²) in [4.78, 5) is 18.7. The number of nitrogens with zero attached hydrogens (tertiary/aromatic N) is 2. The summed E-state index contributed by atoms with van der Waals surface area (Å²) in [6.45, 7) is 0. The predicted molar refractivity (Wildman–Crippen MR) is 48.7 cm³/mol. The van der Waals surface area contributed by atoms with Crippen LogP contribution in [0.3, 0.4) is 0 Å². The summed E-state index contributed by atoms with van der Waals surface area (Å²) in [5.41, 5.74) is 0. The van der Waals surface area contributed by atoms with E-state index in [2.05, 4.69) is 15.3 Å². The highest BCUT2D eigenvalue weighted by Gasteiger charge is 2.43. The Morgan fingerprint density at radius 2 is 2.36 bits per heavy atom. The van der Waals surface area contributed by atoms with Gasteiger partial charge in [0.15, 0.2) is 0 Å². The predicted octanol–water partition coefficient (Wildman–Crippen LogP) is 1.43. The van der Waals surface area contributed by atoms with E-state index in [0.29, 0.717) is 12.2 Å². The van der Waals surface area contributed by atoms with Crippen molar-refractivity contribution in [3.05, 3.63) is 17.5 Å². The Kier molecular flexibility index (Phi) is 2.33. The van der Waals surface area contributed by atoms with E-state index in [1.54, 1.807) is 0 Å². The van der Waals surface area contributed by atoms with Gasteiger partial charge in [0.25, 0.3) is 0 Å². The van der Waals surface area contributed by atoms with Gasteiger partial charge >= 0.3 is 0 Å². The number of carbonyl (C=O) groups excluding carboxylic acids is 1. The summed E-state index contributed by atoms with van der Waals surface area (Å²) in [5.74, 6) is -0.579. The number of hydrogen-bond acceptors (Lipinski definition) is 3. The zero-order chi connectivity index (χ0) is 10.1. The third-order valence-electron chi connectivity index (χ3n) is 1.93. The molecule has 0 radical (unpaired) electrons. The standard InChI is InChI=1S/C8H7ClFN3O/c9-6-2-7(12-3-11-6)13-8(14)4-1-5(4)10/h2-5H,1H2,(H,11,12,13,14)/t4-,5+/m1/s1. The van der Waals surface area contributed by atoms with Crippen molar-refractivity contribution in [3.8, 4) is 0 Å². The normalized spacial score (nSPS) is 24.4. The molecule has 1 N–H and O–H groups in total. The molecule has 0 aliphatic heterocycles. The second kappa shape index (κ2) is 3.49. The quantitative estimate of drug-likeness (QED) is 0.760. The van der Waals surface area contributed by atoms with Gasteiger partial charge in [-0.05, 0) is 6.42 Å². The van der Waals surface area contributed by atoms with Crippen LogP contribution in [0.1, 0.15) is 6.42 Å². The van der Waals surface area contributed by atoms with Gasteiger partial charge in [0, 0.05) is 6.07 Å². The number of carbonyl (C=O) groups is 1. The first-order valence-electron chi connectivity index (χ1n) is 4.09. The molecule has 2 rings (SSSR count). The lowest BCUT2D eigenvalue weighted by Gasteiger charge is -2.01. The molecule has 74 valence electrons. The van der Waals surface area contributed by atoms with Crippen molar-refractivity contribution in [3.63, 3.8) is 0 Å². The molecule has 0 aromatic carbocycles. The first-order chi connectivity index (χ1) is 6.66. The van der Waals surface area contributed by atoms with Gasteiger partial charge in [-0.25, -0.2) is 14.4 Å². The number of halogens is 2. The molecular weight excluding hydrogens is 209 g/mol. The molecule has 0 bridgehead atoms. The second-order valence-electron chi connectivity index (χ2n) is 3.07. The van der Waals surface area contributed by atoms with Gasteiger partial charge in [-0.1, -0.05) is 11.6 Å². The molecule has 1 amide bonds. The van der Waals surface area contributed by atoms with Gasteiger partial charge in [0.2, 0.25) is 5.91 Å². The molecule has 1 fully saturated rings. The summed E-state index contributed by atoms with van der Waals surface area (Å²) in [6.07, 6.45) is 0.523. The number of amides is 1. The van der Waals surface area contributed by atoms with Crippen molar-refractivity contribution in [2.24, 2.45) is 5.92 Å². The first kappa shape index (κ1) is 9.33. The molecule has 6 heteroatoms. The van der Waals surface area contributed by atoms with Crippen LogP contribution in [0.25, 0.3) is 0 Å². The van der Waals surface area contributed by atoms with Crippen LogP contribution in [0.4, 0.5) is 10.2 Å². The van der Waals surface area contributed by atoms with Crippen molar-refractivity contribution in [1.29, 1.82) is 0 Å². The molecule has 2 atom stereocenters. The first-order valence-corrected chi connectivity index (χ1v) is 4.47. The van der Waals surface area contributed by atoms with E-state index in [9.17, 15) is 9.18 Å². The number of aromatic nitrogens is 2. The van der Waals surface area contributed by atoms with Crippen LogP contribution in [-0.4, -0.2) is 22.0 Å². The minimum absolute atomic E-state index is 0.239. The summed E-state index contributed by atoms with van der Waals surface area (Å²) >= 11 is 5.58. The maximum atomic E-state index is 12.5. The molecular formula is C8H7ClFN3O. The molecule has 1 aromatic rings. The monoisotopic (exact) mass is 215 g/mol. The molecule has 1 heterocycles. The van der Waals surface area contributed by atoms with Crippen molar-refractivity contribution in [1.82, 2.24) is 9.97 Å². The van der Waals surface area contributed by atoms with Gasteiger partial charge in [-0.3, -0.25) is 4.79 Å². The molecule has 14 heavy (non-hydrogen) atoms. The van der Waals surface area contributed by atoms with Gasteiger partial charge in [0.1, 0.15) is 23.5 Å². The van der Waals surface area contributed by atoms with Crippen molar-refractivity contribution < 1.29 is 9.18 Å². The minimum atomic E-state index is -1.01. The van der Waals surface area contributed by atoms with E-state index in [0.717, 1.165) is 0 Å². The smallest absolute Gasteiger partial charge is 0.231 e. The molecule has 1 saturated carbocycles. The van der Waals surface area contributed by atoms with Crippen LogP contribution in [0.15, 0.2) is 12.4 Å². The Hall–Kier alpha value is -1.23. The zero-order valence-electron chi connectivity index (χ0n) is 7.08. The summed E-state index contributed by atoms with van der Waals surface area (Å²) in [7, 11) is 0. The highest BCUT2D eigenvalue weighted by molar-refractivity contribution is 6.29. The fourth-order valence-electron chi connectivity index (χ4n) is 1.06.